The van der Waals surface area contributed by atoms with Crippen molar-refractivity contribution in [3.8, 4) is 0 Å². The Morgan fingerprint density at radius 2 is 2.13 bits per heavy atom. The van der Waals surface area contributed by atoms with Gasteiger partial charge in [-0.15, -0.1) is 0 Å². The third-order valence-corrected chi connectivity index (χ3v) is 4.67. The van der Waals surface area contributed by atoms with Crippen LogP contribution < -0.4 is 5.32 Å². The molecular formula is C13H26N2. The highest BCUT2D eigenvalue weighted by Crippen LogP contribution is 2.49. The molecule has 15 heavy (non-hydrogen) atoms. The van der Waals surface area contributed by atoms with Crippen molar-refractivity contribution in [2.75, 3.05) is 20.1 Å². The van der Waals surface area contributed by atoms with E-state index in [9.17, 15) is 0 Å². The van der Waals surface area contributed by atoms with Crippen LogP contribution in [-0.2, 0) is 0 Å². The first-order valence-electron chi connectivity index (χ1n) is 6.60. The minimum atomic E-state index is 0.723. The average molecular weight is 210 g/mol. The van der Waals surface area contributed by atoms with E-state index in [0.717, 1.165) is 17.5 Å². The van der Waals surface area contributed by atoms with E-state index < -0.39 is 0 Å². The van der Waals surface area contributed by atoms with Crippen molar-refractivity contribution in [2.24, 2.45) is 5.41 Å². The van der Waals surface area contributed by atoms with Gasteiger partial charge in [-0.1, -0.05) is 6.92 Å². The van der Waals surface area contributed by atoms with Gasteiger partial charge in [-0.3, -0.25) is 4.90 Å². The van der Waals surface area contributed by atoms with Crippen LogP contribution in [0.3, 0.4) is 0 Å². The molecule has 1 saturated carbocycles. The minimum Gasteiger partial charge on any atom is -0.317 e. The van der Waals surface area contributed by atoms with Gasteiger partial charge in [0.2, 0.25) is 0 Å². The number of hydrogen-bond donors (Lipinski definition) is 1. The van der Waals surface area contributed by atoms with Crippen molar-refractivity contribution in [1.29, 1.82) is 0 Å². The predicted molar refractivity (Wildman–Crippen MR) is 65.1 cm³/mol. The zero-order valence-corrected chi connectivity index (χ0v) is 10.6. The molecule has 2 atom stereocenters. The Morgan fingerprint density at radius 3 is 2.60 bits per heavy atom. The van der Waals surface area contributed by atoms with Crippen molar-refractivity contribution in [1.82, 2.24) is 10.2 Å². The van der Waals surface area contributed by atoms with Gasteiger partial charge in [-0.25, -0.2) is 0 Å². The molecule has 0 aromatic carbocycles. The molecule has 0 radical (unpaired) electrons. The Labute approximate surface area is 94.4 Å². The van der Waals surface area contributed by atoms with E-state index in [0.29, 0.717) is 0 Å². The van der Waals surface area contributed by atoms with Gasteiger partial charge in [0.1, 0.15) is 0 Å². The molecule has 0 amide bonds. The molecule has 88 valence electrons. The lowest BCUT2D eigenvalue weighted by Crippen LogP contribution is -2.48. The zero-order valence-electron chi connectivity index (χ0n) is 10.6. The Bertz CT molecular complexity index is 211. The summed E-state index contributed by atoms with van der Waals surface area (Å²) in [5, 5.41) is 3.42. The van der Waals surface area contributed by atoms with Crippen molar-refractivity contribution in [3.05, 3.63) is 0 Å². The summed E-state index contributed by atoms with van der Waals surface area (Å²) in [6, 6.07) is 1.54. The standard InChI is InChI=1S/C13H26N2/c1-4-13(6-7-13)10-15-8-5-12(14-3)9-11(15)2/h11-12,14H,4-10H2,1-3H3. The van der Waals surface area contributed by atoms with Crippen LogP contribution >= 0.6 is 0 Å². The number of hydrogen-bond acceptors (Lipinski definition) is 2. The molecule has 2 heteroatoms. The molecule has 2 rings (SSSR count). The second-order valence-corrected chi connectivity index (χ2v) is 5.68. The quantitative estimate of drug-likeness (QED) is 0.765. The Kier molecular flexibility index (Phi) is 3.36. The smallest absolute Gasteiger partial charge is 0.00910 e. The summed E-state index contributed by atoms with van der Waals surface area (Å²) >= 11 is 0. The van der Waals surface area contributed by atoms with Crippen LogP contribution in [0.15, 0.2) is 0 Å². The molecule has 1 N–H and O–H groups in total. The second kappa shape index (κ2) is 4.42. The molecule has 1 heterocycles. The Balaban J connectivity index is 1.83. The maximum atomic E-state index is 3.42. The topological polar surface area (TPSA) is 15.3 Å². The summed E-state index contributed by atoms with van der Waals surface area (Å²) in [7, 11) is 2.10. The lowest BCUT2D eigenvalue weighted by Gasteiger charge is -2.39. The highest BCUT2D eigenvalue weighted by Gasteiger charge is 2.43. The van der Waals surface area contributed by atoms with Crippen LogP contribution in [0.5, 0.6) is 0 Å². The van der Waals surface area contributed by atoms with Gasteiger partial charge < -0.3 is 5.32 Å². The molecule has 0 bridgehead atoms. The summed E-state index contributed by atoms with van der Waals surface area (Å²) in [5.74, 6) is 0. The van der Waals surface area contributed by atoms with Crippen molar-refractivity contribution in [2.45, 2.75) is 58.0 Å². The molecular weight excluding hydrogens is 184 g/mol. The van der Waals surface area contributed by atoms with Gasteiger partial charge in [0, 0.05) is 18.6 Å². The van der Waals surface area contributed by atoms with E-state index in [1.165, 1.54) is 45.2 Å². The lowest BCUT2D eigenvalue weighted by atomic mass is 9.95. The van der Waals surface area contributed by atoms with Gasteiger partial charge in [0.25, 0.3) is 0 Å². The number of nitrogens with zero attached hydrogens (tertiary/aromatic N) is 1. The third kappa shape index (κ3) is 2.54. The van der Waals surface area contributed by atoms with Crippen LogP contribution in [0.2, 0.25) is 0 Å². The van der Waals surface area contributed by atoms with Gasteiger partial charge >= 0.3 is 0 Å². The largest absolute Gasteiger partial charge is 0.317 e. The van der Waals surface area contributed by atoms with E-state index in [-0.39, 0.29) is 0 Å². The maximum Gasteiger partial charge on any atom is 0.00910 e. The number of piperidine rings is 1. The summed E-state index contributed by atoms with van der Waals surface area (Å²) in [6.45, 7) is 7.42. The fourth-order valence-corrected chi connectivity index (χ4v) is 2.95. The van der Waals surface area contributed by atoms with Gasteiger partial charge in [-0.05, 0) is 58.0 Å². The molecule has 1 saturated heterocycles. The monoisotopic (exact) mass is 210 g/mol. The Morgan fingerprint density at radius 1 is 1.40 bits per heavy atom. The third-order valence-electron chi connectivity index (χ3n) is 4.67. The molecule has 1 aliphatic carbocycles. The van der Waals surface area contributed by atoms with Gasteiger partial charge in [0.15, 0.2) is 0 Å². The number of rotatable bonds is 4. The van der Waals surface area contributed by atoms with Crippen molar-refractivity contribution < 1.29 is 0 Å². The van der Waals surface area contributed by atoms with Crippen LogP contribution in [0.4, 0.5) is 0 Å². The summed E-state index contributed by atoms with van der Waals surface area (Å²) in [4.78, 5) is 2.73. The molecule has 2 unspecified atom stereocenters. The maximum absolute atomic E-state index is 3.42. The van der Waals surface area contributed by atoms with E-state index in [2.05, 4.69) is 31.1 Å². The van der Waals surface area contributed by atoms with Crippen LogP contribution in [0, 0.1) is 5.41 Å². The first-order valence-corrected chi connectivity index (χ1v) is 6.60. The van der Waals surface area contributed by atoms with Gasteiger partial charge in [0.05, 0.1) is 0 Å². The molecule has 0 aromatic heterocycles. The molecule has 2 fully saturated rings. The highest BCUT2D eigenvalue weighted by atomic mass is 15.2. The van der Waals surface area contributed by atoms with Crippen LogP contribution in [0.1, 0.15) is 46.0 Å². The SMILES string of the molecule is CCC1(CN2CCC(NC)CC2C)CC1. The highest BCUT2D eigenvalue weighted by molar-refractivity contribution is 4.96. The fraction of sp³-hybridized carbons (Fsp3) is 1.00. The lowest BCUT2D eigenvalue weighted by molar-refractivity contribution is 0.110. The molecule has 0 spiro atoms. The first-order chi connectivity index (χ1) is 7.19. The minimum absolute atomic E-state index is 0.723. The zero-order chi connectivity index (χ0) is 10.9. The van der Waals surface area contributed by atoms with Gasteiger partial charge in [-0.2, -0.15) is 0 Å². The summed E-state index contributed by atoms with van der Waals surface area (Å²) in [6.07, 6.45) is 6.99. The van der Waals surface area contributed by atoms with E-state index in [1.807, 2.05) is 0 Å². The van der Waals surface area contributed by atoms with Crippen molar-refractivity contribution >= 4 is 0 Å². The molecule has 2 nitrogen and oxygen atoms in total. The molecule has 0 aromatic rings. The van der Waals surface area contributed by atoms with E-state index in [1.54, 1.807) is 0 Å². The summed E-state index contributed by atoms with van der Waals surface area (Å²) < 4.78 is 0. The second-order valence-electron chi connectivity index (χ2n) is 5.68. The molecule has 1 aliphatic heterocycles. The van der Waals surface area contributed by atoms with E-state index >= 15 is 0 Å². The van der Waals surface area contributed by atoms with Crippen LogP contribution in [-0.4, -0.2) is 37.1 Å². The number of likely N-dealkylation sites (tertiary alicyclic amines) is 1. The Hall–Kier alpha value is -0.0800. The average Bonchev–Trinajstić information content (AvgIpc) is 3.02. The normalized spacial score (nSPS) is 35.4. The first kappa shape index (κ1) is 11.4. The fourth-order valence-electron chi connectivity index (χ4n) is 2.95. The summed E-state index contributed by atoms with van der Waals surface area (Å²) in [5.41, 5.74) is 0.723. The van der Waals surface area contributed by atoms with E-state index in [4.69, 9.17) is 0 Å². The van der Waals surface area contributed by atoms with Crippen molar-refractivity contribution in [3.63, 3.8) is 0 Å². The number of nitrogens with one attached hydrogen (secondary N) is 1. The molecule has 2 aliphatic rings. The van der Waals surface area contributed by atoms with Crippen LogP contribution in [0.25, 0.3) is 0 Å². The predicted octanol–water partition coefficient (Wildman–Crippen LogP) is 2.25.